The Hall–Kier alpha value is -3.16. The molecule has 1 amide bonds. The highest BCUT2D eigenvalue weighted by molar-refractivity contribution is 7.89. The number of aryl methyl sites for hydroxylation is 1. The topological polar surface area (TPSA) is 84.5 Å². The molecule has 7 heteroatoms. The SMILES string of the molecule is COc1ccc(S(=O)(=O)N[C@@H](C)CCc2ccccc2)cc1NC(=O)c1ccccc1. The molecule has 2 N–H and O–H groups in total. The number of hydrogen-bond donors (Lipinski definition) is 2. The number of hydrogen-bond acceptors (Lipinski definition) is 4. The van der Waals surface area contributed by atoms with Gasteiger partial charge in [0, 0.05) is 11.6 Å². The van der Waals surface area contributed by atoms with Crippen molar-refractivity contribution in [2.24, 2.45) is 0 Å². The fourth-order valence-corrected chi connectivity index (χ4v) is 4.46. The van der Waals surface area contributed by atoms with Crippen LogP contribution in [0.1, 0.15) is 29.3 Å². The molecule has 0 aromatic heterocycles. The standard InChI is InChI=1S/C24H26N2O4S/c1-18(13-14-19-9-5-3-6-10-19)26-31(28,29)21-15-16-23(30-2)22(17-21)25-24(27)20-11-7-4-8-12-20/h3-12,15-18,26H,13-14H2,1-2H3,(H,25,27)/t18-/m0/s1. The van der Waals surface area contributed by atoms with Crippen molar-refractivity contribution in [2.75, 3.05) is 12.4 Å². The predicted molar refractivity (Wildman–Crippen MR) is 122 cm³/mol. The fourth-order valence-electron chi connectivity index (χ4n) is 3.16. The van der Waals surface area contributed by atoms with Crippen LogP contribution < -0.4 is 14.8 Å². The van der Waals surface area contributed by atoms with Crippen LogP contribution >= 0.6 is 0 Å². The quantitative estimate of drug-likeness (QED) is 0.523. The molecule has 3 aromatic rings. The molecule has 0 unspecified atom stereocenters. The Balaban J connectivity index is 1.73. The molecular formula is C24H26N2O4S. The zero-order chi connectivity index (χ0) is 22.3. The van der Waals surface area contributed by atoms with Crippen LogP contribution in [0.3, 0.4) is 0 Å². The van der Waals surface area contributed by atoms with Gasteiger partial charge in [0.15, 0.2) is 0 Å². The van der Waals surface area contributed by atoms with E-state index in [1.807, 2.05) is 43.3 Å². The van der Waals surface area contributed by atoms with Gasteiger partial charge in [0.1, 0.15) is 5.75 Å². The van der Waals surface area contributed by atoms with Gasteiger partial charge in [-0.15, -0.1) is 0 Å². The number of ether oxygens (including phenoxy) is 1. The number of carbonyl (C=O) groups excluding carboxylic acids is 1. The number of amides is 1. The third kappa shape index (κ3) is 6.16. The van der Waals surface area contributed by atoms with E-state index in [-0.39, 0.29) is 22.5 Å². The van der Waals surface area contributed by atoms with Gasteiger partial charge < -0.3 is 10.1 Å². The summed E-state index contributed by atoms with van der Waals surface area (Å²) in [6.45, 7) is 1.84. The lowest BCUT2D eigenvalue weighted by atomic mass is 10.1. The third-order valence-electron chi connectivity index (χ3n) is 4.83. The second-order valence-corrected chi connectivity index (χ2v) is 8.94. The van der Waals surface area contributed by atoms with Crippen LogP contribution in [0.15, 0.2) is 83.8 Å². The van der Waals surface area contributed by atoms with E-state index in [9.17, 15) is 13.2 Å². The molecule has 31 heavy (non-hydrogen) atoms. The van der Waals surface area contributed by atoms with Gasteiger partial charge in [0.05, 0.1) is 17.7 Å². The van der Waals surface area contributed by atoms with Gasteiger partial charge in [-0.25, -0.2) is 13.1 Å². The first kappa shape index (κ1) is 22.5. The van der Waals surface area contributed by atoms with Gasteiger partial charge in [-0.1, -0.05) is 48.5 Å². The Morgan fingerprint density at radius 1 is 0.968 bits per heavy atom. The van der Waals surface area contributed by atoms with Crippen LogP contribution in [0.4, 0.5) is 5.69 Å². The van der Waals surface area contributed by atoms with E-state index in [2.05, 4.69) is 10.0 Å². The van der Waals surface area contributed by atoms with Crippen molar-refractivity contribution >= 4 is 21.6 Å². The van der Waals surface area contributed by atoms with E-state index < -0.39 is 10.0 Å². The van der Waals surface area contributed by atoms with Gasteiger partial charge in [0.25, 0.3) is 5.91 Å². The minimum absolute atomic E-state index is 0.0585. The fraction of sp³-hybridized carbons (Fsp3) is 0.208. The highest BCUT2D eigenvalue weighted by Gasteiger charge is 2.20. The van der Waals surface area contributed by atoms with Crippen LogP contribution in [-0.2, 0) is 16.4 Å². The molecule has 3 rings (SSSR count). The summed E-state index contributed by atoms with van der Waals surface area (Å²) in [5.74, 6) is 0.0259. The number of anilines is 1. The predicted octanol–water partition coefficient (Wildman–Crippen LogP) is 4.25. The largest absolute Gasteiger partial charge is 0.495 e. The van der Waals surface area contributed by atoms with Crippen LogP contribution in [0.5, 0.6) is 5.75 Å². The van der Waals surface area contributed by atoms with Crippen molar-refractivity contribution in [1.29, 1.82) is 0 Å². The lowest BCUT2D eigenvalue weighted by Gasteiger charge is -2.16. The van der Waals surface area contributed by atoms with E-state index in [1.54, 1.807) is 24.3 Å². The number of benzene rings is 3. The molecule has 162 valence electrons. The van der Waals surface area contributed by atoms with Crippen LogP contribution in [0.2, 0.25) is 0 Å². The minimum atomic E-state index is -3.77. The Bertz CT molecular complexity index is 1120. The van der Waals surface area contributed by atoms with E-state index in [0.29, 0.717) is 17.7 Å². The summed E-state index contributed by atoms with van der Waals surface area (Å²) < 4.78 is 33.8. The Morgan fingerprint density at radius 2 is 1.61 bits per heavy atom. The second-order valence-electron chi connectivity index (χ2n) is 7.23. The van der Waals surface area contributed by atoms with E-state index in [1.165, 1.54) is 25.3 Å². The van der Waals surface area contributed by atoms with Crippen LogP contribution in [-0.4, -0.2) is 27.5 Å². The highest BCUT2D eigenvalue weighted by atomic mass is 32.2. The van der Waals surface area contributed by atoms with Crippen molar-refractivity contribution in [3.05, 3.63) is 90.0 Å². The maximum absolute atomic E-state index is 12.9. The lowest BCUT2D eigenvalue weighted by molar-refractivity contribution is 0.102. The monoisotopic (exact) mass is 438 g/mol. The zero-order valence-electron chi connectivity index (χ0n) is 17.5. The van der Waals surface area contributed by atoms with Crippen molar-refractivity contribution < 1.29 is 17.9 Å². The van der Waals surface area contributed by atoms with Crippen molar-refractivity contribution in [1.82, 2.24) is 4.72 Å². The molecule has 0 saturated carbocycles. The number of methoxy groups -OCH3 is 1. The summed E-state index contributed by atoms with van der Waals surface area (Å²) >= 11 is 0. The smallest absolute Gasteiger partial charge is 0.255 e. The third-order valence-corrected chi connectivity index (χ3v) is 6.42. The molecule has 1 atom stereocenters. The molecule has 0 bridgehead atoms. The number of nitrogens with one attached hydrogen (secondary N) is 2. The molecule has 0 aliphatic heterocycles. The normalized spacial score (nSPS) is 12.2. The summed E-state index contributed by atoms with van der Waals surface area (Å²) in [5.41, 5.74) is 1.91. The average molecular weight is 439 g/mol. The highest BCUT2D eigenvalue weighted by Crippen LogP contribution is 2.28. The summed E-state index contributed by atoms with van der Waals surface area (Å²) in [6, 6.07) is 22.8. The minimum Gasteiger partial charge on any atom is -0.495 e. The molecule has 0 aliphatic carbocycles. The van der Waals surface area contributed by atoms with E-state index in [0.717, 1.165) is 12.0 Å². The van der Waals surface area contributed by atoms with Crippen molar-refractivity contribution in [3.63, 3.8) is 0 Å². The zero-order valence-corrected chi connectivity index (χ0v) is 18.4. The Morgan fingerprint density at radius 3 is 2.26 bits per heavy atom. The first-order valence-electron chi connectivity index (χ1n) is 10.00. The molecule has 0 saturated heterocycles. The van der Waals surface area contributed by atoms with Gasteiger partial charge >= 0.3 is 0 Å². The first-order chi connectivity index (χ1) is 14.9. The Labute approximate surface area is 183 Å². The van der Waals surface area contributed by atoms with Gasteiger partial charge in [-0.2, -0.15) is 0 Å². The number of sulfonamides is 1. The number of rotatable bonds is 9. The molecule has 0 spiro atoms. The molecule has 0 fully saturated rings. The van der Waals surface area contributed by atoms with Crippen LogP contribution in [0.25, 0.3) is 0 Å². The lowest BCUT2D eigenvalue weighted by Crippen LogP contribution is -2.33. The second kappa shape index (κ2) is 10.2. The van der Waals surface area contributed by atoms with Gasteiger partial charge in [-0.3, -0.25) is 4.79 Å². The van der Waals surface area contributed by atoms with Crippen molar-refractivity contribution in [3.8, 4) is 5.75 Å². The molecular weight excluding hydrogens is 412 g/mol. The maximum Gasteiger partial charge on any atom is 0.255 e. The average Bonchev–Trinajstić information content (AvgIpc) is 2.78. The first-order valence-corrected chi connectivity index (χ1v) is 11.5. The molecule has 3 aromatic carbocycles. The summed E-state index contributed by atoms with van der Waals surface area (Å²) in [5, 5.41) is 2.73. The molecule has 0 radical (unpaired) electrons. The van der Waals surface area contributed by atoms with Gasteiger partial charge in [-0.05, 0) is 55.7 Å². The summed E-state index contributed by atoms with van der Waals surface area (Å²) in [6.07, 6.45) is 1.43. The van der Waals surface area contributed by atoms with E-state index in [4.69, 9.17) is 4.74 Å². The molecule has 0 aliphatic rings. The van der Waals surface area contributed by atoms with E-state index >= 15 is 0 Å². The number of carbonyl (C=O) groups is 1. The Kier molecular flexibility index (Phi) is 7.44. The summed E-state index contributed by atoms with van der Waals surface area (Å²) in [7, 11) is -2.30. The molecule has 0 heterocycles. The van der Waals surface area contributed by atoms with Gasteiger partial charge in [0.2, 0.25) is 10.0 Å². The summed E-state index contributed by atoms with van der Waals surface area (Å²) in [4.78, 5) is 12.6. The van der Waals surface area contributed by atoms with Crippen LogP contribution in [0, 0.1) is 0 Å². The molecule has 6 nitrogen and oxygen atoms in total. The van der Waals surface area contributed by atoms with Crippen molar-refractivity contribution in [2.45, 2.75) is 30.7 Å². The maximum atomic E-state index is 12.9.